The molecule has 0 unspecified atom stereocenters. The minimum atomic E-state index is -0.481. The lowest BCUT2D eigenvalue weighted by atomic mass is 9.96. The van der Waals surface area contributed by atoms with E-state index in [-0.39, 0.29) is 18.0 Å². The minimum absolute atomic E-state index is 0.101. The van der Waals surface area contributed by atoms with E-state index >= 15 is 0 Å². The number of rotatable bonds is 8. The van der Waals surface area contributed by atoms with Crippen LogP contribution in [0.3, 0.4) is 0 Å². The SMILES string of the molecule is O=C(NCCc1cncn1CCc1ccccc1)[C@H]1CNCCN1C(=O)NC1CCCCC1. The molecular weight excluding hydrogens is 416 g/mol. The third kappa shape index (κ3) is 6.57. The van der Waals surface area contributed by atoms with E-state index in [1.54, 1.807) is 4.90 Å². The molecule has 33 heavy (non-hydrogen) atoms. The second kappa shape index (κ2) is 11.8. The molecule has 1 saturated carbocycles. The van der Waals surface area contributed by atoms with E-state index in [1.165, 1.54) is 24.8 Å². The van der Waals surface area contributed by atoms with Crippen molar-refractivity contribution >= 4 is 11.9 Å². The first-order chi connectivity index (χ1) is 16.2. The second-order valence-electron chi connectivity index (χ2n) is 9.05. The van der Waals surface area contributed by atoms with Crippen molar-refractivity contribution in [2.24, 2.45) is 0 Å². The van der Waals surface area contributed by atoms with Crippen LogP contribution in [-0.4, -0.2) is 64.7 Å². The molecule has 8 nitrogen and oxygen atoms in total. The average Bonchev–Trinajstić information content (AvgIpc) is 3.31. The highest BCUT2D eigenvalue weighted by Crippen LogP contribution is 2.18. The smallest absolute Gasteiger partial charge is 0.318 e. The number of amides is 3. The van der Waals surface area contributed by atoms with Crippen molar-refractivity contribution in [1.82, 2.24) is 30.4 Å². The highest BCUT2D eigenvalue weighted by Gasteiger charge is 2.33. The van der Waals surface area contributed by atoms with E-state index in [0.29, 0.717) is 32.6 Å². The van der Waals surface area contributed by atoms with Crippen LogP contribution in [-0.2, 0) is 24.2 Å². The van der Waals surface area contributed by atoms with E-state index in [4.69, 9.17) is 0 Å². The number of nitrogens with zero attached hydrogens (tertiary/aromatic N) is 3. The fraction of sp³-hybridized carbons (Fsp3) is 0.560. The molecule has 1 saturated heterocycles. The number of piperazine rings is 1. The lowest BCUT2D eigenvalue weighted by Crippen LogP contribution is -2.62. The predicted octanol–water partition coefficient (Wildman–Crippen LogP) is 2.10. The topological polar surface area (TPSA) is 91.3 Å². The summed E-state index contributed by atoms with van der Waals surface area (Å²) in [6.07, 6.45) is 11.0. The minimum Gasteiger partial charge on any atom is -0.354 e. The van der Waals surface area contributed by atoms with Gasteiger partial charge in [-0.2, -0.15) is 0 Å². The van der Waals surface area contributed by atoms with Crippen LogP contribution in [0, 0.1) is 0 Å². The summed E-state index contributed by atoms with van der Waals surface area (Å²) in [7, 11) is 0. The van der Waals surface area contributed by atoms with E-state index in [2.05, 4.69) is 49.8 Å². The van der Waals surface area contributed by atoms with Crippen LogP contribution in [0.25, 0.3) is 0 Å². The van der Waals surface area contributed by atoms with Crippen molar-refractivity contribution in [3.8, 4) is 0 Å². The fourth-order valence-electron chi connectivity index (χ4n) is 4.77. The third-order valence-electron chi connectivity index (χ3n) is 6.70. The molecule has 2 aromatic rings. The summed E-state index contributed by atoms with van der Waals surface area (Å²) in [5.74, 6) is -0.101. The molecule has 1 aromatic carbocycles. The Bertz CT molecular complexity index is 893. The van der Waals surface area contributed by atoms with Gasteiger partial charge in [0.05, 0.1) is 6.33 Å². The van der Waals surface area contributed by atoms with Gasteiger partial charge < -0.3 is 25.4 Å². The first-order valence-electron chi connectivity index (χ1n) is 12.3. The van der Waals surface area contributed by atoms with Crippen LogP contribution in [0.2, 0.25) is 0 Å². The zero-order valence-electron chi connectivity index (χ0n) is 19.3. The van der Waals surface area contributed by atoms with Crippen LogP contribution in [0.1, 0.15) is 43.4 Å². The summed E-state index contributed by atoms with van der Waals surface area (Å²) in [6, 6.07) is 10.0. The van der Waals surface area contributed by atoms with Gasteiger partial charge in [0, 0.05) is 57.1 Å². The molecule has 3 amide bonds. The first-order valence-corrected chi connectivity index (χ1v) is 12.3. The lowest BCUT2D eigenvalue weighted by Gasteiger charge is -2.36. The molecule has 1 aromatic heterocycles. The van der Waals surface area contributed by atoms with Gasteiger partial charge >= 0.3 is 6.03 Å². The van der Waals surface area contributed by atoms with Crippen LogP contribution in [0.4, 0.5) is 4.79 Å². The maximum absolute atomic E-state index is 12.9. The predicted molar refractivity (Wildman–Crippen MR) is 128 cm³/mol. The molecule has 2 aliphatic rings. The molecule has 3 N–H and O–H groups in total. The lowest BCUT2D eigenvalue weighted by molar-refractivity contribution is -0.125. The quantitative estimate of drug-likeness (QED) is 0.572. The Hall–Kier alpha value is -2.87. The van der Waals surface area contributed by atoms with Gasteiger partial charge in [-0.1, -0.05) is 49.6 Å². The number of aryl methyl sites for hydroxylation is 2. The van der Waals surface area contributed by atoms with Gasteiger partial charge in [0.1, 0.15) is 6.04 Å². The Morgan fingerprint density at radius 3 is 2.73 bits per heavy atom. The van der Waals surface area contributed by atoms with E-state index in [9.17, 15) is 9.59 Å². The molecule has 2 fully saturated rings. The van der Waals surface area contributed by atoms with Crippen LogP contribution in [0.15, 0.2) is 42.9 Å². The number of carbonyl (C=O) groups is 2. The van der Waals surface area contributed by atoms with Gasteiger partial charge in [-0.25, -0.2) is 9.78 Å². The van der Waals surface area contributed by atoms with E-state index in [1.807, 2.05) is 18.6 Å². The molecular formula is C25H36N6O2. The third-order valence-corrected chi connectivity index (χ3v) is 6.70. The van der Waals surface area contributed by atoms with Crippen molar-refractivity contribution in [2.75, 3.05) is 26.2 Å². The van der Waals surface area contributed by atoms with Gasteiger partial charge in [0.15, 0.2) is 0 Å². The molecule has 0 radical (unpaired) electrons. The number of benzene rings is 1. The number of hydrogen-bond donors (Lipinski definition) is 3. The summed E-state index contributed by atoms with van der Waals surface area (Å²) >= 11 is 0. The molecule has 178 valence electrons. The van der Waals surface area contributed by atoms with E-state index in [0.717, 1.165) is 31.5 Å². The van der Waals surface area contributed by atoms with Gasteiger partial charge in [0.2, 0.25) is 5.91 Å². The molecule has 1 aliphatic carbocycles. The van der Waals surface area contributed by atoms with Gasteiger partial charge in [0.25, 0.3) is 0 Å². The fourth-order valence-corrected chi connectivity index (χ4v) is 4.77. The van der Waals surface area contributed by atoms with Crippen molar-refractivity contribution < 1.29 is 9.59 Å². The first kappa shape index (κ1) is 23.3. The van der Waals surface area contributed by atoms with Gasteiger partial charge in [-0.05, 0) is 24.8 Å². The summed E-state index contributed by atoms with van der Waals surface area (Å²) in [5.41, 5.74) is 2.39. The van der Waals surface area contributed by atoms with Crippen LogP contribution < -0.4 is 16.0 Å². The van der Waals surface area contributed by atoms with Crippen molar-refractivity contribution in [3.05, 3.63) is 54.1 Å². The van der Waals surface area contributed by atoms with Crippen molar-refractivity contribution in [3.63, 3.8) is 0 Å². The largest absolute Gasteiger partial charge is 0.354 e. The summed E-state index contributed by atoms with van der Waals surface area (Å²) in [6.45, 7) is 3.11. The Morgan fingerprint density at radius 2 is 1.91 bits per heavy atom. The van der Waals surface area contributed by atoms with Crippen LogP contribution in [0.5, 0.6) is 0 Å². The monoisotopic (exact) mass is 452 g/mol. The molecule has 0 spiro atoms. The molecule has 4 rings (SSSR count). The Morgan fingerprint density at radius 1 is 1.09 bits per heavy atom. The van der Waals surface area contributed by atoms with E-state index < -0.39 is 6.04 Å². The number of imidazole rings is 1. The number of nitrogens with one attached hydrogen (secondary N) is 3. The number of hydrogen-bond acceptors (Lipinski definition) is 4. The molecule has 2 heterocycles. The molecule has 1 atom stereocenters. The summed E-state index contributed by atoms with van der Waals surface area (Å²) in [4.78, 5) is 31.8. The standard InChI is InChI=1S/C25H36N6O2/c32-24(23-18-26-14-16-31(23)25(33)29-21-9-5-2-6-10-21)28-13-11-22-17-27-19-30(22)15-12-20-7-3-1-4-8-20/h1,3-4,7-8,17,19,21,23,26H,2,5-6,9-16,18H2,(H,28,32)(H,29,33)/t23-/m1/s1. The van der Waals surface area contributed by atoms with Crippen molar-refractivity contribution in [1.29, 1.82) is 0 Å². The number of carbonyl (C=O) groups excluding carboxylic acids is 2. The highest BCUT2D eigenvalue weighted by atomic mass is 16.2. The van der Waals surface area contributed by atoms with Crippen molar-refractivity contribution in [2.45, 2.75) is 63.6 Å². The Balaban J connectivity index is 1.25. The molecule has 8 heteroatoms. The summed E-state index contributed by atoms with van der Waals surface area (Å²) < 4.78 is 2.14. The normalized spacial score (nSPS) is 19.3. The average molecular weight is 453 g/mol. The zero-order chi connectivity index (χ0) is 22.9. The molecule has 1 aliphatic heterocycles. The Kier molecular flexibility index (Phi) is 8.35. The Labute approximate surface area is 196 Å². The second-order valence-corrected chi connectivity index (χ2v) is 9.05. The summed E-state index contributed by atoms with van der Waals surface area (Å²) in [5, 5.41) is 9.45. The maximum atomic E-state index is 12.9. The van der Waals surface area contributed by atoms with Gasteiger partial charge in [-0.15, -0.1) is 0 Å². The van der Waals surface area contributed by atoms with Crippen LogP contribution >= 0.6 is 0 Å². The number of aromatic nitrogens is 2. The zero-order valence-corrected chi connectivity index (χ0v) is 19.3. The highest BCUT2D eigenvalue weighted by molar-refractivity contribution is 5.87. The van der Waals surface area contributed by atoms with Gasteiger partial charge in [-0.3, -0.25) is 4.79 Å². The molecule has 0 bridgehead atoms. The number of urea groups is 1. The maximum Gasteiger partial charge on any atom is 0.318 e.